The minimum absolute atomic E-state index is 0.00827. The Kier molecular flexibility index (Phi) is 9.50. The summed E-state index contributed by atoms with van der Waals surface area (Å²) in [5.74, 6) is -1.58. The van der Waals surface area contributed by atoms with Gasteiger partial charge in [0.05, 0.1) is 13.2 Å². The number of ketones is 2. The van der Waals surface area contributed by atoms with E-state index in [2.05, 4.69) is 40.3 Å². The molecule has 0 N–H and O–H groups in total. The monoisotopic (exact) mass is 667 g/mol. The quantitative estimate of drug-likeness (QED) is 0.158. The molecule has 48 heavy (non-hydrogen) atoms. The lowest BCUT2D eigenvalue weighted by Crippen LogP contribution is -2.56. The maximum atomic E-state index is 14.2. The molecule has 5 rings (SSSR count). The molecule has 4 fully saturated rings. The van der Waals surface area contributed by atoms with E-state index in [9.17, 15) is 24.0 Å². The van der Waals surface area contributed by atoms with Crippen molar-refractivity contribution in [3.63, 3.8) is 0 Å². The predicted molar refractivity (Wildman–Crippen MR) is 180 cm³/mol. The maximum absolute atomic E-state index is 14.2. The van der Waals surface area contributed by atoms with Gasteiger partial charge in [-0.3, -0.25) is 28.9 Å². The first kappa shape index (κ1) is 36.5. The van der Waals surface area contributed by atoms with E-state index in [1.54, 1.807) is 25.9 Å². The van der Waals surface area contributed by atoms with Crippen LogP contribution >= 0.6 is 0 Å². The van der Waals surface area contributed by atoms with Crippen molar-refractivity contribution in [2.45, 2.75) is 99.7 Å². The molecule has 0 radical (unpaired) electrons. The summed E-state index contributed by atoms with van der Waals surface area (Å²) in [6.07, 6.45) is 7.05. The third-order valence-electron chi connectivity index (χ3n) is 14.4. The molecule has 266 valence electrons. The number of esters is 3. The molecule has 5 aliphatic rings. The second-order valence-corrected chi connectivity index (χ2v) is 16.8. The first-order chi connectivity index (χ1) is 22.3. The van der Waals surface area contributed by atoms with Crippen LogP contribution in [0.25, 0.3) is 0 Å². The molecule has 4 unspecified atom stereocenters. The number of ether oxygens (including phenoxy) is 3. The van der Waals surface area contributed by atoms with E-state index in [1.807, 2.05) is 13.0 Å². The first-order valence-electron chi connectivity index (χ1n) is 17.9. The summed E-state index contributed by atoms with van der Waals surface area (Å²) in [6.45, 7) is 19.8. The van der Waals surface area contributed by atoms with Crippen molar-refractivity contribution in [3.05, 3.63) is 24.3 Å². The van der Waals surface area contributed by atoms with Crippen molar-refractivity contribution in [3.8, 4) is 0 Å². The Morgan fingerprint density at radius 2 is 1.69 bits per heavy atom. The van der Waals surface area contributed by atoms with Crippen LogP contribution in [0, 0.1) is 63.1 Å². The summed E-state index contributed by atoms with van der Waals surface area (Å²) >= 11 is 0. The lowest BCUT2D eigenvalue weighted by Gasteiger charge is -2.61. The molecule has 0 aromatic carbocycles. The first-order valence-corrected chi connectivity index (χ1v) is 17.9. The molecule has 13 atom stereocenters. The molecule has 5 aliphatic carbocycles. The van der Waals surface area contributed by atoms with Gasteiger partial charge in [-0.05, 0) is 91.8 Å². The summed E-state index contributed by atoms with van der Waals surface area (Å²) in [4.78, 5) is 66.0. The molecular weight excluding hydrogens is 610 g/mol. The molecule has 4 saturated carbocycles. The number of nitrogens with zero attached hydrogens (tertiary/aromatic N) is 1. The van der Waals surface area contributed by atoms with Crippen LogP contribution in [0.15, 0.2) is 24.3 Å². The third kappa shape index (κ3) is 5.23. The Labute approximate surface area is 286 Å². The molecule has 0 saturated heterocycles. The number of fused-ring (bicyclic) bond motifs is 2. The average molecular weight is 668 g/mol. The van der Waals surface area contributed by atoms with Gasteiger partial charge in [-0.2, -0.15) is 0 Å². The lowest BCUT2D eigenvalue weighted by molar-refractivity contribution is -0.166. The van der Waals surface area contributed by atoms with Crippen LogP contribution in [0.4, 0.5) is 0 Å². The molecule has 2 spiro atoms. The zero-order valence-electron chi connectivity index (χ0n) is 30.7. The van der Waals surface area contributed by atoms with Crippen LogP contribution in [-0.2, 0) is 38.2 Å². The van der Waals surface area contributed by atoms with Gasteiger partial charge in [0, 0.05) is 42.9 Å². The maximum Gasteiger partial charge on any atom is 0.320 e. The van der Waals surface area contributed by atoms with Crippen molar-refractivity contribution < 1.29 is 38.2 Å². The van der Waals surface area contributed by atoms with Crippen molar-refractivity contribution in [1.82, 2.24) is 4.90 Å². The largest absolute Gasteiger partial charge is 0.464 e. The van der Waals surface area contributed by atoms with E-state index >= 15 is 0 Å². The minimum atomic E-state index is -1.14. The van der Waals surface area contributed by atoms with Gasteiger partial charge >= 0.3 is 17.9 Å². The van der Waals surface area contributed by atoms with Crippen LogP contribution in [-0.4, -0.2) is 73.8 Å². The summed E-state index contributed by atoms with van der Waals surface area (Å²) in [5.41, 5.74) is -0.239. The highest BCUT2D eigenvalue weighted by Crippen LogP contribution is 2.89. The van der Waals surface area contributed by atoms with Gasteiger partial charge in [0.1, 0.15) is 6.10 Å². The van der Waals surface area contributed by atoms with E-state index in [-0.39, 0.29) is 64.0 Å². The molecule has 0 heterocycles. The van der Waals surface area contributed by atoms with Gasteiger partial charge in [-0.25, -0.2) is 0 Å². The molecule has 0 amide bonds. The number of Topliss-reactive ketones (excluding diaryl/α,β-unsaturated/α-hetero) is 1. The highest BCUT2D eigenvalue weighted by atomic mass is 16.6. The second kappa shape index (κ2) is 12.5. The number of hydrogen-bond acceptors (Lipinski definition) is 9. The number of likely N-dealkylation sites (N-methyl/N-ethyl adjacent to an activating group) is 1. The summed E-state index contributed by atoms with van der Waals surface area (Å²) in [7, 11) is 3.54. The fourth-order valence-corrected chi connectivity index (χ4v) is 12.2. The zero-order chi connectivity index (χ0) is 35.7. The van der Waals surface area contributed by atoms with Crippen molar-refractivity contribution in [2.75, 3.05) is 27.2 Å². The standard InChI is InChI=1S/C39H57NO8/c1-21(20-46-32(44)19-40(10)11)22(2)34(45)35(48-27(7)42)24(4)33-30(47-26(6)41)18-37(9)31-13-12-28-23(3)29(43)14-15-38(28)25(5)39(31,38)17-16-36(33,37)8/h14-15,21,23-25,28,30-31,33,35H,2,12-13,16-20H2,1,3-11H3/t21-,23-,24?,25+,28?,30-,31-,33?,35+,36+,37-,38?,39-/m0/s1. The van der Waals surface area contributed by atoms with Crippen molar-refractivity contribution in [2.24, 2.45) is 63.1 Å². The molecule has 0 aliphatic heterocycles. The van der Waals surface area contributed by atoms with Crippen molar-refractivity contribution in [1.29, 1.82) is 0 Å². The van der Waals surface area contributed by atoms with Gasteiger partial charge in [-0.15, -0.1) is 0 Å². The van der Waals surface area contributed by atoms with E-state index in [1.165, 1.54) is 13.8 Å². The average Bonchev–Trinajstić information content (AvgIpc) is 3.43. The third-order valence-corrected chi connectivity index (χ3v) is 14.4. The molecular formula is C39H57NO8. The van der Waals surface area contributed by atoms with Crippen molar-refractivity contribution >= 4 is 29.5 Å². The van der Waals surface area contributed by atoms with Crippen LogP contribution in [0.3, 0.4) is 0 Å². The fourth-order valence-electron chi connectivity index (χ4n) is 12.2. The van der Waals surface area contributed by atoms with E-state index in [4.69, 9.17) is 14.2 Å². The topological polar surface area (TPSA) is 116 Å². The van der Waals surface area contributed by atoms with E-state index < -0.39 is 41.8 Å². The summed E-state index contributed by atoms with van der Waals surface area (Å²) in [6, 6.07) is 0. The van der Waals surface area contributed by atoms with E-state index in [0.29, 0.717) is 24.2 Å². The Balaban J connectivity index is 1.47. The normalized spacial score (nSPS) is 41.1. The van der Waals surface area contributed by atoms with Gasteiger partial charge in [-0.1, -0.05) is 54.2 Å². The number of carbonyl (C=O) groups excluding carboxylic acids is 5. The van der Waals surface area contributed by atoms with Gasteiger partial charge < -0.3 is 14.2 Å². The number of carbonyl (C=O) groups is 5. The number of hydrogen-bond donors (Lipinski definition) is 0. The Morgan fingerprint density at radius 3 is 2.29 bits per heavy atom. The summed E-state index contributed by atoms with van der Waals surface area (Å²) in [5, 5.41) is 0. The van der Waals surface area contributed by atoms with Crippen LogP contribution < -0.4 is 0 Å². The van der Waals surface area contributed by atoms with Gasteiger partial charge in [0.15, 0.2) is 17.7 Å². The van der Waals surface area contributed by atoms with E-state index in [0.717, 1.165) is 25.7 Å². The predicted octanol–water partition coefficient (Wildman–Crippen LogP) is 5.60. The molecule has 0 aromatic heterocycles. The number of allylic oxidation sites excluding steroid dienone is 2. The molecule has 0 aromatic rings. The van der Waals surface area contributed by atoms with Crippen LogP contribution in [0.1, 0.15) is 87.5 Å². The summed E-state index contributed by atoms with van der Waals surface area (Å²) < 4.78 is 17.4. The smallest absolute Gasteiger partial charge is 0.320 e. The van der Waals surface area contributed by atoms with Crippen LogP contribution in [0.5, 0.6) is 0 Å². The Bertz CT molecular complexity index is 1420. The van der Waals surface area contributed by atoms with Gasteiger partial charge in [0.25, 0.3) is 0 Å². The second-order valence-electron chi connectivity index (χ2n) is 16.8. The Morgan fingerprint density at radius 1 is 1.02 bits per heavy atom. The molecule has 9 nitrogen and oxygen atoms in total. The van der Waals surface area contributed by atoms with Gasteiger partial charge in [0.2, 0.25) is 0 Å². The SMILES string of the molecule is C=C(C(=O)[C@H](OC(C)=O)C(C)C1[C@@H](OC(C)=O)C[C@@]2(C)[C@@H]3CCC4[C@H](C)C(=O)C=CC45[C@@H](C)[C@@]35CC[C@]12C)[C@@H](C)COC(=O)CN(C)C. The Hall–Kier alpha value is -2.81. The molecule has 9 heteroatoms. The zero-order valence-corrected chi connectivity index (χ0v) is 30.7. The highest BCUT2D eigenvalue weighted by Gasteiger charge is 2.85. The highest BCUT2D eigenvalue weighted by molar-refractivity contribution is 6.00. The van der Waals surface area contributed by atoms with Crippen LogP contribution in [0.2, 0.25) is 0 Å². The minimum Gasteiger partial charge on any atom is -0.464 e. The lowest BCUT2D eigenvalue weighted by atomic mass is 9.43. The number of rotatable bonds is 11. The fraction of sp³-hybridized carbons (Fsp3) is 0.769. The molecule has 0 bridgehead atoms.